The number of halogens is 1. The highest BCUT2D eigenvalue weighted by atomic mass is 32.1. The van der Waals surface area contributed by atoms with Gasteiger partial charge in [0.2, 0.25) is 0 Å². The number of hydrogen-bond acceptors (Lipinski definition) is 3. The van der Waals surface area contributed by atoms with Crippen LogP contribution in [0.4, 0.5) is 9.39 Å². The molecule has 0 saturated carbocycles. The quantitative estimate of drug-likeness (QED) is 0.599. The second kappa shape index (κ2) is 9.57. The number of nitrogens with zero attached hydrogens (tertiary/aromatic N) is 2. The fourth-order valence-corrected chi connectivity index (χ4v) is 3.98. The molecule has 140 valence electrons. The smallest absolute Gasteiger partial charge is 0.191 e. The average molecular weight is 375 g/mol. The molecule has 1 aromatic heterocycles. The molecule has 2 N–H and O–H groups in total. The molecule has 1 aromatic carbocycles. The summed E-state index contributed by atoms with van der Waals surface area (Å²) in [7, 11) is 0. The highest BCUT2D eigenvalue weighted by Gasteiger charge is 2.20. The first-order valence-electron chi connectivity index (χ1n) is 9.33. The van der Waals surface area contributed by atoms with Gasteiger partial charge in [-0.05, 0) is 55.3 Å². The van der Waals surface area contributed by atoms with Crippen molar-refractivity contribution in [2.75, 3.05) is 31.1 Å². The van der Waals surface area contributed by atoms with E-state index in [0.717, 1.165) is 44.0 Å². The van der Waals surface area contributed by atoms with Crippen LogP contribution in [0, 0.1) is 5.82 Å². The van der Waals surface area contributed by atoms with Gasteiger partial charge in [0.05, 0.1) is 5.00 Å². The predicted molar refractivity (Wildman–Crippen MR) is 109 cm³/mol. The third-order valence-corrected chi connectivity index (χ3v) is 5.54. The lowest BCUT2D eigenvalue weighted by Gasteiger charge is -2.33. The number of hydrogen-bond donors (Lipinski definition) is 2. The van der Waals surface area contributed by atoms with Gasteiger partial charge in [-0.25, -0.2) is 4.39 Å². The van der Waals surface area contributed by atoms with Crippen molar-refractivity contribution >= 4 is 22.3 Å². The molecule has 1 aliphatic heterocycles. The van der Waals surface area contributed by atoms with Gasteiger partial charge in [-0.15, -0.1) is 11.3 Å². The number of nitrogens with one attached hydrogen (secondary N) is 2. The van der Waals surface area contributed by atoms with Crippen LogP contribution in [-0.2, 0) is 6.42 Å². The molecule has 0 spiro atoms. The van der Waals surface area contributed by atoms with Crippen LogP contribution >= 0.6 is 11.3 Å². The lowest BCUT2D eigenvalue weighted by Crippen LogP contribution is -2.48. The molecule has 2 aromatic rings. The summed E-state index contributed by atoms with van der Waals surface area (Å²) >= 11 is 1.80. The lowest BCUT2D eigenvalue weighted by molar-refractivity contribution is 0.463. The Balaban J connectivity index is 1.49. The zero-order chi connectivity index (χ0) is 18.2. The van der Waals surface area contributed by atoms with Gasteiger partial charge in [0, 0.05) is 32.2 Å². The number of rotatable bonds is 6. The molecule has 0 radical (unpaired) electrons. The van der Waals surface area contributed by atoms with E-state index in [4.69, 9.17) is 0 Å². The van der Waals surface area contributed by atoms with Crippen LogP contribution in [0.2, 0.25) is 0 Å². The molecule has 1 fully saturated rings. The first-order valence-corrected chi connectivity index (χ1v) is 10.2. The van der Waals surface area contributed by atoms with Gasteiger partial charge in [-0.1, -0.05) is 18.2 Å². The van der Waals surface area contributed by atoms with Gasteiger partial charge >= 0.3 is 0 Å². The average Bonchev–Trinajstić information content (AvgIpc) is 3.19. The first kappa shape index (κ1) is 18.7. The van der Waals surface area contributed by atoms with E-state index in [0.29, 0.717) is 19.0 Å². The van der Waals surface area contributed by atoms with Gasteiger partial charge in [0.1, 0.15) is 5.82 Å². The Morgan fingerprint density at radius 1 is 1.23 bits per heavy atom. The minimum absolute atomic E-state index is 0.151. The highest BCUT2D eigenvalue weighted by molar-refractivity contribution is 7.14. The Labute approximate surface area is 159 Å². The van der Waals surface area contributed by atoms with E-state index in [1.807, 2.05) is 12.1 Å². The van der Waals surface area contributed by atoms with E-state index < -0.39 is 0 Å². The topological polar surface area (TPSA) is 39.7 Å². The molecule has 0 aliphatic carbocycles. The minimum atomic E-state index is -0.151. The summed E-state index contributed by atoms with van der Waals surface area (Å²) in [6.07, 6.45) is 2.80. The molecule has 0 amide bonds. The standard InChI is InChI=1S/C20H27FN4S/c1-2-22-20(23-12-9-16-6-3-4-7-18(16)21)24-17-10-13-25(14-11-17)19-8-5-15-26-19/h3-8,15,17H,2,9-14H2,1H3,(H2,22,23,24). The molecular weight excluding hydrogens is 347 g/mol. The summed E-state index contributed by atoms with van der Waals surface area (Å²) in [6, 6.07) is 11.6. The maximum atomic E-state index is 13.7. The molecule has 1 aliphatic rings. The maximum Gasteiger partial charge on any atom is 0.191 e. The maximum absolute atomic E-state index is 13.7. The summed E-state index contributed by atoms with van der Waals surface area (Å²) in [6.45, 7) is 5.58. The number of benzene rings is 1. The van der Waals surface area contributed by atoms with Crippen molar-refractivity contribution in [2.45, 2.75) is 32.2 Å². The lowest BCUT2D eigenvalue weighted by atomic mass is 10.1. The molecule has 1 saturated heterocycles. The fourth-order valence-electron chi connectivity index (χ4n) is 3.20. The summed E-state index contributed by atoms with van der Waals surface area (Å²) in [5.41, 5.74) is 0.719. The van der Waals surface area contributed by atoms with E-state index in [2.05, 4.69) is 45.0 Å². The monoisotopic (exact) mass is 374 g/mol. The largest absolute Gasteiger partial charge is 0.363 e. The summed E-state index contributed by atoms with van der Waals surface area (Å²) < 4.78 is 13.7. The van der Waals surface area contributed by atoms with Gasteiger partial charge < -0.3 is 15.5 Å². The zero-order valence-corrected chi connectivity index (χ0v) is 16.1. The van der Waals surface area contributed by atoms with Gasteiger partial charge in [-0.2, -0.15) is 0 Å². The molecule has 26 heavy (non-hydrogen) atoms. The van der Waals surface area contributed by atoms with Crippen LogP contribution in [0.3, 0.4) is 0 Å². The van der Waals surface area contributed by atoms with Crippen LogP contribution in [-0.4, -0.2) is 38.2 Å². The third kappa shape index (κ3) is 5.21. The number of piperidine rings is 1. The van der Waals surface area contributed by atoms with Crippen LogP contribution in [0.25, 0.3) is 0 Å². The van der Waals surface area contributed by atoms with Crippen LogP contribution < -0.4 is 15.5 Å². The van der Waals surface area contributed by atoms with Crippen molar-refractivity contribution in [3.63, 3.8) is 0 Å². The van der Waals surface area contributed by atoms with Crippen LogP contribution in [0.15, 0.2) is 46.8 Å². The number of anilines is 1. The van der Waals surface area contributed by atoms with Crippen molar-refractivity contribution in [3.8, 4) is 0 Å². The summed E-state index contributed by atoms with van der Waals surface area (Å²) in [5.74, 6) is 0.681. The Morgan fingerprint density at radius 3 is 2.73 bits per heavy atom. The van der Waals surface area contributed by atoms with Crippen molar-refractivity contribution in [1.29, 1.82) is 0 Å². The van der Waals surface area contributed by atoms with Gasteiger partial charge in [0.25, 0.3) is 0 Å². The Kier molecular flexibility index (Phi) is 6.89. The normalized spacial score (nSPS) is 15.9. The van der Waals surface area contributed by atoms with E-state index in [1.165, 1.54) is 11.1 Å². The second-order valence-corrected chi connectivity index (χ2v) is 7.39. The first-order chi connectivity index (χ1) is 12.8. The zero-order valence-electron chi connectivity index (χ0n) is 15.2. The van der Waals surface area contributed by atoms with Crippen molar-refractivity contribution < 1.29 is 4.39 Å². The molecule has 0 unspecified atom stereocenters. The van der Waals surface area contributed by atoms with Crippen molar-refractivity contribution in [1.82, 2.24) is 10.6 Å². The van der Waals surface area contributed by atoms with Crippen LogP contribution in [0.5, 0.6) is 0 Å². The third-order valence-electron chi connectivity index (χ3n) is 4.61. The molecule has 0 bridgehead atoms. The van der Waals surface area contributed by atoms with Crippen molar-refractivity contribution in [3.05, 3.63) is 53.2 Å². The van der Waals surface area contributed by atoms with Crippen molar-refractivity contribution in [2.24, 2.45) is 4.99 Å². The highest BCUT2D eigenvalue weighted by Crippen LogP contribution is 2.24. The molecule has 0 atom stereocenters. The fraction of sp³-hybridized carbons (Fsp3) is 0.450. The molecular formula is C20H27FN4S. The minimum Gasteiger partial charge on any atom is -0.363 e. The van der Waals surface area contributed by atoms with E-state index in [-0.39, 0.29) is 5.82 Å². The van der Waals surface area contributed by atoms with Gasteiger partial charge in [0.15, 0.2) is 5.96 Å². The van der Waals surface area contributed by atoms with E-state index in [9.17, 15) is 4.39 Å². The molecule has 2 heterocycles. The number of aliphatic imine (C=N–C) groups is 1. The summed E-state index contributed by atoms with van der Waals surface area (Å²) in [5, 5.41) is 10.3. The number of thiophene rings is 1. The Hall–Kier alpha value is -2.08. The second-order valence-electron chi connectivity index (χ2n) is 6.46. The SMILES string of the molecule is CCNC(=NCCc1ccccc1F)NC1CCN(c2cccs2)CC1. The predicted octanol–water partition coefficient (Wildman–Crippen LogP) is 3.65. The molecule has 6 heteroatoms. The molecule has 3 rings (SSSR count). The van der Waals surface area contributed by atoms with Gasteiger partial charge in [-0.3, -0.25) is 4.99 Å². The molecule has 4 nitrogen and oxygen atoms in total. The summed E-state index contributed by atoms with van der Waals surface area (Å²) in [4.78, 5) is 7.08. The number of guanidine groups is 1. The van der Waals surface area contributed by atoms with E-state index in [1.54, 1.807) is 17.4 Å². The van der Waals surface area contributed by atoms with Crippen LogP contribution in [0.1, 0.15) is 25.3 Å². The van der Waals surface area contributed by atoms with E-state index >= 15 is 0 Å². The Morgan fingerprint density at radius 2 is 2.04 bits per heavy atom. The Bertz CT molecular complexity index is 694.